The van der Waals surface area contributed by atoms with Gasteiger partial charge in [-0.2, -0.15) is 9.97 Å². The average Bonchev–Trinajstić information content (AvgIpc) is 3.13. The molecule has 3 aromatic heterocycles. The molecule has 1 aliphatic heterocycles. The number of aromatic nitrogens is 4. The van der Waals surface area contributed by atoms with E-state index in [1.807, 2.05) is 6.07 Å². The monoisotopic (exact) mass is 407 g/mol. The SMILES string of the molecule is COc1ccc2nc([S@@+]([O-])Cc3nccc(N4CCOCC4)c3Cl)[nH]c2n1. The standard InChI is InChI=1S/C17H18ClN5O3S/c1-25-14-3-2-11-16(21-14)22-17(20-11)27(24)10-12-15(18)13(4-5-19-12)23-6-8-26-9-7-23/h2-5H,6-10H2,1H3,(H,20,21,22)/t27-/m0/s1. The van der Waals surface area contributed by atoms with Crippen molar-refractivity contribution in [2.24, 2.45) is 0 Å². The molecule has 0 unspecified atom stereocenters. The van der Waals surface area contributed by atoms with E-state index in [0.29, 0.717) is 46.1 Å². The minimum absolute atomic E-state index is 0.161. The van der Waals surface area contributed by atoms with Crippen molar-refractivity contribution in [2.45, 2.75) is 10.9 Å². The molecule has 4 heterocycles. The Morgan fingerprint density at radius 1 is 1.30 bits per heavy atom. The molecule has 0 radical (unpaired) electrons. The van der Waals surface area contributed by atoms with Crippen molar-refractivity contribution >= 4 is 39.6 Å². The van der Waals surface area contributed by atoms with Crippen LogP contribution in [0.2, 0.25) is 5.02 Å². The molecule has 4 rings (SSSR count). The van der Waals surface area contributed by atoms with Crippen LogP contribution in [0.25, 0.3) is 11.2 Å². The number of methoxy groups -OCH3 is 1. The van der Waals surface area contributed by atoms with Crippen LogP contribution in [-0.4, -0.2) is 57.9 Å². The normalized spacial score (nSPS) is 15.9. The van der Waals surface area contributed by atoms with E-state index in [2.05, 4.69) is 24.8 Å². The fraction of sp³-hybridized carbons (Fsp3) is 0.353. The number of imidazole rings is 1. The van der Waals surface area contributed by atoms with Crippen LogP contribution >= 0.6 is 11.6 Å². The molecule has 0 aliphatic carbocycles. The summed E-state index contributed by atoms with van der Waals surface area (Å²) in [6, 6.07) is 5.35. The average molecular weight is 408 g/mol. The molecule has 0 aromatic carbocycles. The summed E-state index contributed by atoms with van der Waals surface area (Å²) in [6.07, 6.45) is 1.69. The topological polar surface area (TPSA) is 99.2 Å². The molecule has 27 heavy (non-hydrogen) atoms. The molecular formula is C17H18ClN5O3S. The Morgan fingerprint density at radius 2 is 2.11 bits per heavy atom. The lowest BCUT2D eigenvalue weighted by Gasteiger charge is -2.29. The van der Waals surface area contributed by atoms with Gasteiger partial charge in [0.25, 0.3) is 0 Å². The Kier molecular flexibility index (Phi) is 5.35. The lowest BCUT2D eigenvalue weighted by Crippen LogP contribution is -2.36. The van der Waals surface area contributed by atoms with E-state index in [9.17, 15) is 4.55 Å². The zero-order chi connectivity index (χ0) is 18.8. The number of fused-ring (bicyclic) bond motifs is 1. The quantitative estimate of drug-likeness (QED) is 0.647. The predicted octanol–water partition coefficient (Wildman–Crippen LogP) is 2.16. The largest absolute Gasteiger partial charge is 0.609 e. The van der Waals surface area contributed by atoms with Gasteiger partial charge in [0.05, 0.1) is 31.0 Å². The van der Waals surface area contributed by atoms with Crippen molar-refractivity contribution in [3.8, 4) is 5.88 Å². The summed E-state index contributed by atoms with van der Waals surface area (Å²) in [7, 11) is 1.54. The maximum Gasteiger partial charge on any atom is 0.323 e. The van der Waals surface area contributed by atoms with Crippen LogP contribution in [0.1, 0.15) is 5.69 Å². The lowest BCUT2D eigenvalue weighted by molar-refractivity contribution is 0.122. The van der Waals surface area contributed by atoms with Gasteiger partial charge in [-0.3, -0.25) is 9.97 Å². The van der Waals surface area contributed by atoms with Crippen molar-refractivity contribution in [1.82, 2.24) is 19.9 Å². The van der Waals surface area contributed by atoms with E-state index in [4.69, 9.17) is 21.1 Å². The first-order valence-corrected chi connectivity index (χ1v) is 10.1. The van der Waals surface area contributed by atoms with E-state index in [1.54, 1.807) is 25.4 Å². The third-order valence-electron chi connectivity index (χ3n) is 4.28. The van der Waals surface area contributed by atoms with Gasteiger partial charge < -0.3 is 18.9 Å². The molecule has 1 atom stereocenters. The number of nitrogens with one attached hydrogen (secondary N) is 1. The van der Waals surface area contributed by atoms with Gasteiger partial charge in [-0.1, -0.05) is 11.6 Å². The molecule has 0 bridgehead atoms. The van der Waals surface area contributed by atoms with Crippen LogP contribution in [0.4, 0.5) is 5.69 Å². The van der Waals surface area contributed by atoms with Crippen LogP contribution in [0.5, 0.6) is 5.88 Å². The molecule has 142 valence electrons. The predicted molar refractivity (Wildman–Crippen MR) is 103 cm³/mol. The summed E-state index contributed by atoms with van der Waals surface area (Å²) in [5.74, 6) is 0.625. The number of nitrogens with zero attached hydrogens (tertiary/aromatic N) is 4. The second-order valence-corrected chi connectivity index (χ2v) is 7.69. The number of hydrogen-bond acceptors (Lipinski definition) is 7. The maximum atomic E-state index is 12.8. The molecule has 8 nitrogen and oxygen atoms in total. The van der Waals surface area contributed by atoms with Gasteiger partial charge in [-0.15, -0.1) is 0 Å². The van der Waals surface area contributed by atoms with Crippen LogP contribution in [0.3, 0.4) is 0 Å². The van der Waals surface area contributed by atoms with Crippen LogP contribution in [-0.2, 0) is 21.7 Å². The number of halogens is 1. The smallest absolute Gasteiger partial charge is 0.323 e. The van der Waals surface area contributed by atoms with E-state index in [1.165, 1.54) is 0 Å². The first-order chi connectivity index (χ1) is 13.2. The number of pyridine rings is 2. The fourth-order valence-corrected chi connectivity index (χ4v) is 4.29. The van der Waals surface area contributed by atoms with Crippen molar-refractivity contribution in [3.63, 3.8) is 0 Å². The zero-order valence-electron chi connectivity index (χ0n) is 14.6. The van der Waals surface area contributed by atoms with Crippen molar-refractivity contribution < 1.29 is 14.0 Å². The highest BCUT2D eigenvalue weighted by atomic mass is 35.5. The second kappa shape index (κ2) is 7.89. The number of morpholine rings is 1. The van der Waals surface area contributed by atoms with E-state index < -0.39 is 11.2 Å². The summed E-state index contributed by atoms with van der Waals surface area (Å²) in [5.41, 5.74) is 2.61. The summed E-state index contributed by atoms with van der Waals surface area (Å²) >= 11 is 5.12. The Bertz CT molecular complexity index is 947. The molecule has 1 fully saturated rings. The Morgan fingerprint density at radius 3 is 2.89 bits per heavy atom. The van der Waals surface area contributed by atoms with Crippen LogP contribution in [0, 0.1) is 0 Å². The third kappa shape index (κ3) is 3.81. The highest BCUT2D eigenvalue weighted by Crippen LogP contribution is 2.30. The van der Waals surface area contributed by atoms with Gasteiger partial charge in [-0.25, -0.2) is 0 Å². The van der Waals surface area contributed by atoms with E-state index >= 15 is 0 Å². The number of hydrogen-bond donors (Lipinski definition) is 1. The summed E-state index contributed by atoms with van der Waals surface area (Å²) < 4.78 is 23.3. The van der Waals surface area contributed by atoms with Crippen molar-refractivity contribution in [3.05, 3.63) is 35.1 Å². The fourth-order valence-electron chi connectivity index (χ4n) is 2.89. The number of H-pyrrole nitrogens is 1. The zero-order valence-corrected chi connectivity index (χ0v) is 16.2. The molecule has 3 aromatic rings. The van der Waals surface area contributed by atoms with Gasteiger partial charge in [0, 0.05) is 36.5 Å². The summed E-state index contributed by atoms with van der Waals surface area (Å²) in [4.78, 5) is 18.1. The molecule has 1 N–H and O–H groups in total. The van der Waals surface area contributed by atoms with Gasteiger partial charge in [0.2, 0.25) is 5.88 Å². The summed E-state index contributed by atoms with van der Waals surface area (Å²) in [6.45, 7) is 2.86. The lowest BCUT2D eigenvalue weighted by atomic mass is 10.3. The van der Waals surface area contributed by atoms with Gasteiger partial charge >= 0.3 is 5.16 Å². The van der Waals surface area contributed by atoms with Gasteiger partial charge in [0.15, 0.2) is 11.4 Å². The minimum Gasteiger partial charge on any atom is -0.609 e. The molecule has 0 saturated carbocycles. The minimum atomic E-state index is -1.44. The second-order valence-electron chi connectivity index (χ2n) is 5.94. The molecule has 0 spiro atoms. The Balaban J connectivity index is 1.56. The number of ether oxygens (including phenoxy) is 2. The Labute approximate surface area is 164 Å². The third-order valence-corrected chi connectivity index (χ3v) is 5.85. The number of aromatic amines is 1. The van der Waals surface area contributed by atoms with Crippen molar-refractivity contribution in [2.75, 3.05) is 38.3 Å². The van der Waals surface area contributed by atoms with Gasteiger partial charge in [0.1, 0.15) is 11.2 Å². The van der Waals surface area contributed by atoms with E-state index in [0.717, 1.165) is 18.8 Å². The van der Waals surface area contributed by atoms with Crippen LogP contribution < -0.4 is 9.64 Å². The molecule has 1 saturated heterocycles. The van der Waals surface area contributed by atoms with Crippen LogP contribution in [0.15, 0.2) is 29.6 Å². The number of anilines is 1. The number of rotatable bonds is 5. The Hall–Kier alpha value is -2.07. The summed E-state index contributed by atoms with van der Waals surface area (Å²) in [5, 5.41) is 0.851. The molecular weight excluding hydrogens is 390 g/mol. The maximum absolute atomic E-state index is 12.8. The molecule has 10 heteroatoms. The molecule has 0 amide bonds. The highest BCUT2D eigenvalue weighted by molar-refractivity contribution is 7.90. The van der Waals surface area contributed by atoms with Gasteiger partial charge in [-0.05, 0) is 12.1 Å². The highest BCUT2D eigenvalue weighted by Gasteiger charge is 2.23. The first-order valence-electron chi connectivity index (χ1n) is 8.41. The molecule has 1 aliphatic rings. The van der Waals surface area contributed by atoms with Crippen molar-refractivity contribution in [1.29, 1.82) is 0 Å². The van der Waals surface area contributed by atoms with E-state index in [-0.39, 0.29) is 5.75 Å². The first kappa shape index (κ1) is 18.3.